The van der Waals surface area contributed by atoms with Gasteiger partial charge in [0.1, 0.15) is 0 Å². The van der Waals surface area contributed by atoms with E-state index >= 15 is 0 Å². The number of guanidine groups is 1. The number of amides is 1. The number of hydrogen-bond donors (Lipinski definition) is 2. The second-order valence-electron chi connectivity index (χ2n) is 6.26. The molecule has 0 bridgehead atoms. The van der Waals surface area contributed by atoms with Crippen molar-refractivity contribution in [1.29, 1.82) is 0 Å². The number of nitrogens with one attached hydrogen (secondary N) is 2. The van der Waals surface area contributed by atoms with Crippen molar-refractivity contribution < 1.29 is 4.79 Å². The van der Waals surface area contributed by atoms with E-state index in [2.05, 4.69) is 53.1 Å². The van der Waals surface area contributed by atoms with Gasteiger partial charge in [-0.2, -0.15) is 11.3 Å². The molecule has 0 aliphatic rings. The van der Waals surface area contributed by atoms with Gasteiger partial charge in [0.15, 0.2) is 5.96 Å². The molecular weight excluding hydrogens is 358 g/mol. The number of carbonyl (C=O) groups is 1. The molecule has 0 saturated heterocycles. The van der Waals surface area contributed by atoms with Gasteiger partial charge in [-0.1, -0.05) is 13.8 Å². The zero-order chi connectivity index (χ0) is 20.1. The Hall–Kier alpha value is -1.60. The lowest BCUT2D eigenvalue weighted by atomic mass is 10.1. The standard InChI is InChI=1S/C20H37N5OS/c1-6-21-20(22-13-11-19(26)25(9-4)10-5)23-15-18(24(7-2)8-3)17-12-14-27-16-17/h12,14,16,18H,6-11,13,15H2,1-5H3,(H2,21,22,23). The van der Waals surface area contributed by atoms with Crippen LogP contribution in [0.1, 0.15) is 52.6 Å². The van der Waals surface area contributed by atoms with Gasteiger partial charge in [0, 0.05) is 32.6 Å². The van der Waals surface area contributed by atoms with E-state index in [0.717, 1.165) is 38.7 Å². The van der Waals surface area contributed by atoms with Crippen molar-refractivity contribution in [2.24, 2.45) is 4.99 Å². The van der Waals surface area contributed by atoms with E-state index in [1.165, 1.54) is 5.56 Å². The summed E-state index contributed by atoms with van der Waals surface area (Å²) in [6.07, 6.45) is 0.482. The molecule has 0 aromatic carbocycles. The molecular formula is C20H37N5OS. The van der Waals surface area contributed by atoms with E-state index in [-0.39, 0.29) is 11.9 Å². The molecule has 1 atom stereocenters. The summed E-state index contributed by atoms with van der Waals surface area (Å²) in [5.41, 5.74) is 1.32. The first-order valence-corrected chi connectivity index (χ1v) is 11.1. The summed E-state index contributed by atoms with van der Waals surface area (Å²) in [4.78, 5) is 21.2. The van der Waals surface area contributed by atoms with Gasteiger partial charge in [-0.05, 0) is 56.3 Å². The number of aliphatic imine (C=N–C) groups is 1. The number of rotatable bonds is 12. The van der Waals surface area contributed by atoms with Gasteiger partial charge < -0.3 is 15.5 Å². The summed E-state index contributed by atoms with van der Waals surface area (Å²) in [7, 11) is 0. The number of thiophene rings is 1. The predicted octanol–water partition coefficient (Wildman–Crippen LogP) is 2.94. The van der Waals surface area contributed by atoms with Gasteiger partial charge in [0.05, 0.1) is 12.6 Å². The second-order valence-corrected chi connectivity index (χ2v) is 7.04. The van der Waals surface area contributed by atoms with Crippen LogP contribution in [0.3, 0.4) is 0 Å². The highest BCUT2D eigenvalue weighted by Gasteiger charge is 2.18. The topological polar surface area (TPSA) is 60.0 Å². The van der Waals surface area contributed by atoms with Crippen molar-refractivity contribution in [1.82, 2.24) is 20.4 Å². The molecule has 1 amide bonds. The molecule has 0 aliphatic heterocycles. The lowest BCUT2D eigenvalue weighted by Crippen LogP contribution is -2.41. The van der Waals surface area contributed by atoms with Crippen molar-refractivity contribution >= 4 is 23.2 Å². The van der Waals surface area contributed by atoms with Crippen LogP contribution in [0.25, 0.3) is 0 Å². The largest absolute Gasteiger partial charge is 0.357 e. The molecule has 1 rings (SSSR count). The van der Waals surface area contributed by atoms with Crippen LogP contribution in [0.2, 0.25) is 0 Å². The quantitative estimate of drug-likeness (QED) is 0.422. The minimum Gasteiger partial charge on any atom is -0.357 e. The van der Waals surface area contributed by atoms with Crippen molar-refractivity contribution in [2.75, 3.05) is 45.8 Å². The first-order chi connectivity index (χ1) is 13.1. The van der Waals surface area contributed by atoms with Gasteiger partial charge in [-0.3, -0.25) is 14.7 Å². The second kappa shape index (κ2) is 13.6. The monoisotopic (exact) mass is 395 g/mol. The van der Waals surface area contributed by atoms with Crippen LogP contribution in [0, 0.1) is 0 Å². The van der Waals surface area contributed by atoms with Gasteiger partial charge in [-0.15, -0.1) is 0 Å². The van der Waals surface area contributed by atoms with Gasteiger partial charge >= 0.3 is 0 Å². The molecule has 0 spiro atoms. The highest BCUT2D eigenvalue weighted by molar-refractivity contribution is 7.07. The summed E-state index contributed by atoms with van der Waals surface area (Å²) < 4.78 is 0. The summed E-state index contributed by atoms with van der Waals surface area (Å²) in [5, 5.41) is 10.9. The Bertz CT molecular complexity index is 539. The Kier molecular flexibility index (Phi) is 11.8. The number of hydrogen-bond acceptors (Lipinski definition) is 4. The molecule has 2 N–H and O–H groups in total. The molecule has 0 aliphatic carbocycles. The molecule has 27 heavy (non-hydrogen) atoms. The molecule has 0 fully saturated rings. The molecule has 1 aromatic rings. The Morgan fingerprint density at radius 2 is 1.81 bits per heavy atom. The predicted molar refractivity (Wildman–Crippen MR) is 117 cm³/mol. The maximum absolute atomic E-state index is 12.2. The van der Waals surface area contributed by atoms with Crippen molar-refractivity contribution in [3.63, 3.8) is 0 Å². The van der Waals surface area contributed by atoms with Crippen molar-refractivity contribution in [3.05, 3.63) is 22.4 Å². The molecule has 7 heteroatoms. The van der Waals surface area contributed by atoms with Crippen molar-refractivity contribution in [3.8, 4) is 0 Å². The van der Waals surface area contributed by atoms with Crippen LogP contribution in [0.4, 0.5) is 0 Å². The van der Waals surface area contributed by atoms with Crippen LogP contribution < -0.4 is 10.6 Å². The average molecular weight is 396 g/mol. The fourth-order valence-electron chi connectivity index (χ4n) is 3.10. The summed E-state index contributed by atoms with van der Waals surface area (Å²) in [5.74, 6) is 0.958. The number of likely N-dealkylation sites (N-methyl/N-ethyl adjacent to an activating group) is 1. The van der Waals surface area contributed by atoms with E-state index in [1.807, 2.05) is 18.7 Å². The minimum absolute atomic E-state index is 0.183. The van der Waals surface area contributed by atoms with E-state index in [4.69, 9.17) is 4.99 Å². The Morgan fingerprint density at radius 3 is 2.33 bits per heavy atom. The molecule has 6 nitrogen and oxygen atoms in total. The lowest BCUT2D eigenvalue weighted by Gasteiger charge is -2.28. The normalized spacial score (nSPS) is 12.9. The molecule has 1 aromatic heterocycles. The maximum atomic E-state index is 12.2. The molecule has 1 heterocycles. The highest BCUT2D eigenvalue weighted by atomic mass is 32.1. The third-order valence-corrected chi connectivity index (χ3v) is 5.40. The summed E-state index contributed by atoms with van der Waals surface area (Å²) in [6, 6.07) is 2.46. The zero-order valence-corrected chi connectivity index (χ0v) is 18.4. The molecule has 0 saturated carbocycles. The fourth-order valence-corrected chi connectivity index (χ4v) is 3.81. The fraction of sp³-hybridized carbons (Fsp3) is 0.700. The lowest BCUT2D eigenvalue weighted by molar-refractivity contribution is -0.130. The Morgan fingerprint density at radius 1 is 1.11 bits per heavy atom. The average Bonchev–Trinajstić information content (AvgIpc) is 3.20. The van der Waals surface area contributed by atoms with Gasteiger partial charge in [0.2, 0.25) is 5.91 Å². The third kappa shape index (κ3) is 7.89. The third-order valence-electron chi connectivity index (χ3n) is 4.70. The van der Waals surface area contributed by atoms with Crippen molar-refractivity contribution in [2.45, 2.75) is 47.1 Å². The van der Waals surface area contributed by atoms with E-state index < -0.39 is 0 Å². The minimum atomic E-state index is 0.183. The number of carbonyl (C=O) groups excluding carboxylic acids is 1. The summed E-state index contributed by atoms with van der Waals surface area (Å²) >= 11 is 1.73. The Balaban J connectivity index is 2.71. The molecule has 0 radical (unpaired) electrons. The first-order valence-electron chi connectivity index (χ1n) is 10.2. The van der Waals surface area contributed by atoms with Crippen LogP contribution in [-0.2, 0) is 4.79 Å². The van der Waals surface area contributed by atoms with E-state index in [1.54, 1.807) is 11.3 Å². The maximum Gasteiger partial charge on any atom is 0.224 e. The van der Waals surface area contributed by atoms with Crippen LogP contribution in [0.15, 0.2) is 21.8 Å². The number of nitrogens with zero attached hydrogens (tertiary/aromatic N) is 3. The first kappa shape index (κ1) is 23.4. The molecule has 1 unspecified atom stereocenters. The van der Waals surface area contributed by atoms with Crippen LogP contribution in [0.5, 0.6) is 0 Å². The Labute approximate surface area is 169 Å². The highest BCUT2D eigenvalue weighted by Crippen LogP contribution is 2.23. The smallest absolute Gasteiger partial charge is 0.224 e. The van der Waals surface area contributed by atoms with Crippen LogP contribution in [-0.4, -0.2) is 67.5 Å². The molecule has 154 valence electrons. The van der Waals surface area contributed by atoms with Crippen LogP contribution >= 0.6 is 11.3 Å². The van der Waals surface area contributed by atoms with E-state index in [9.17, 15) is 4.79 Å². The van der Waals surface area contributed by atoms with Gasteiger partial charge in [0.25, 0.3) is 0 Å². The zero-order valence-electron chi connectivity index (χ0n) is 17.6. The van der Waals surface area contributed by atoms with Gasteiger partial charge in [-0.25, -0.2) is 0 Å². The SMILES string of the molecule is CCNC(=NCC(c1ccsc1)N(CC)CC)NCCC(=O)N(CC)CC. The summed E-state index contributed by atoms with van der Waals surface area (Å²) in [6.45, 7) is 16.0. The van der Waals surface area contributed by atoms with E-state index in [0.29, 0.717) is 19.5 Å².